The van der Waals surface area contributed by atoms with Gasteiger partial charge in [-0.2, -0.15) is 0 Å². The molecule has 4 nitrogen and oxygen atoms in total. The molecule has 108 valence electrons. The van der Waals surface area contributed by atoms with E-state index in [9.17, 15) is 9.90 Å². The van der Waals surface area contributed by atoms with Crippen molar-refractivity contribution >= 4 is 5.97 Å². The van der Waals surface area contributed by atoms with Gasteiger partial charge in [0, 0.05) is 11.6 Å². The second kappa shape index (κ2) is 5.44. The summed E-state index contributed by atoms with van der Waals surface area (Å²) in [6, 6.07) is 6.07. The Kier molecular flexibility index (Phi) is 3.66. The summed E-state index contributed by atoms with van der Waals surface area (Å²) >= 11 is 0. The van der Waals surface area contributed by atoms with E-state index in [1.165, 1.54) is 5.56 Å². The number of hydrogen-bond donors (Lipinski definition) is 1. The van der Waals surface area contributed by atoms with Gasteiger partial charge in [-0.3, -0.25) is 9.69 Å². The van der Waals surface area contributed by atoms with Crippen LogP contribution in [0.1, 0.15) is 42.9 Å². The van der Waals surface area contributed by atoms with Crippen molar-refractivity contribution in [2.24, 2.45) is 0 Å². The predicted octanol–water partition coefficient (Wildman–Crippen LogP) is 2.76. The lowest BCUT2D eigenvalue weighted by Gasteiger charge is -2.31. The fourth-order valence-corrected chi connectivity index (χ4v) is 3.45. The summed E-state index contributed by atoms with van der Waals surface area (Å²) in [5.74, 6) is 0.232. The molecule has 20 heavy (non-hydrogen) atoms. The third-order valence-electron chi connectivity index (χ3n) is 4.38. The Balaban J connectivity index is 1.97. The van der Waals surface area contributed by atoms with Crippen LogP contribution in [0.4, 0.5) is 0 Å². The molecule has 3 rings (SSSR count). The monoisotopic (exact) mass is 275 g/mol. The summed E-state index contributed by atoms with van der Waals surface area (Å²) in [5, 5.41) is 9.41. The van der Waals surface area contributed by atoms with E-state index in [0.29, 0.717) is 0 Å². The van der Waals surface area contributed by atoms with E-state index in [0.717, 1.165) is 50.1 Å². The van der Waals surface area contributed by atoms with Crippen LogP contribution in [0.5, 0.6) is 5.75 Å². The van der Waals surface area contributed by atoms with Crippen LogP contribution in [0.3, 0.4) is 0 Å². The molecule has 0 spiro atoms. The molecular weight excluding hydrogens is 254 g/mol. The van der Waals surface area contributed by atoms with Crippen LogP contribution < -0.4 is 4.74 Å². The smallest absolute Gasteiger partial charge is 0.320 e. The van der Waals surface area contributed by atoms with Crippen molar-refractivity contribution in [2.75, 3.05) is 13.2 Å². The first-order valence-corrected chi connectivity index (χ1v) is 7.39. The zero-order valence-corrected chi connectivity index (χ0v) is 11.8. The molecule has 1 aromatic carbocycles. The van der Waals surface area contributed by atoms with E-state index in [1.807, 2.05) is 6.07 Å². The van der Waals surface area contributed by atoms with Gasteiger partial charge < -0.3 is 9.84 Å². The zero-order chi connectivity index (χ0) is 14.1. The van der Waals surface area contributed by atoms with Crippen molar-refractivity contribution in [2.45, 2.75) is 44.7 Å². The second-order valence-corrected chi connectivity index (χ2v) is 5.78. The van der Waals surface area contributed by atoms with Gasteiger partial charge in [0.25, 0.3) is 0 Å². The van der Waals surface area contributed by atoms with Gasteiger partial charge in [0.05, 0.1) is 6.61 Å². The normalized spacial score (nSPS) is 26.6. The van der Waals surface area contributed by atoms with Crippen molar-refractivity contribution < 1.29 is 14.6 Å². The van der Waals surface area contributed by atoms with Gasteiger partial charge in [-0.25, -0.2) is 0 Å². The molecule has 0 amide bonds. The molecule has 0 aliphatic carbocycles. The fraction of sp³-hybridized carbons (Fsp3) is 0.562. The SMILES string of the molecule is Cc1ccc2c(c1)C(N1CCCC1C(=O)O)CCCO2. The van der Waals surface area contributed by atoms with E-state index in [2.05, 4.69) is 24.0 Å². The summed E-state index contributed by atoms with van der Waals surface area (Å²) in [6.07, 6.45) is 3.67. The van der Waals surface area contributed by atoms with Gasteiger partial charge in [0.2, 0.25) is 0 Å². The highest BCUT2D eigenvalue weighted by atomic mass is 16.5. The number of aryl methyl sites for hydroxylation is 1. The van der Waals surface area contributed by atoms with Gasteiger partial charge in [-0.1, -0.05) is 17.7 Å². The quantitative estimate of drug-likeness (QED) is 0.901. The molecule has 1 aromatic rings. The van der Waals surface area contributed by atoms with Gasteiger partial charge in [-0.15, -0.1) is 0 Å². The molecule has 0 saturated carbocycles. The summed E-state index contributed by atoms with van der Waals surface area (Å²) < 4.78 is 5.81. The van der Waals surface area contributed by atoms with E-state index >= 15 is 0 Å². The Labute approximate surface area is 119 Å². The minimum atomic E-state index is -0.693. The first-order chi connectivity index (χ1) is 9.66. The molecule has 2 aliphatic heterocycles. The van der Waals surface area contributed by atoms with Crippen molar-refractivity contribution in [3.63, 3.8) is 0 Å². The van der Waals surface area contributed by atoms with Gasteiger partial charge in [0.15, 0.2) is 0 Å². The molecule has 1 saturated heterocycles. The number of likely N-dealkylation sites (tertiary alicyclic amines) is 1. The van der Waals surface area contributed by atoms with Gasteiger partial charge in [-0.05, 0) is 45.2 Å². The summed E-state index contributed by atoms with van der Waals surface area (Å²) in [5.41, 5.74) is 2.36. The first kappa shape index (κ1) is 13.4. The predicted molar refractivity (Wildman–Crippen MR) is 76.0 cm³/mol. The summed E-state index contributed by atoms with van der Waals surface area (Å²) in [6.45, 7) is 3.66. The molecule has 4 heteroatoms. The summed E-state index contributed by atoms with van der Waals surface area (Å²) in [7, 11) is 0. The highest BCUT2D eigenvalue weighted by Crippen LogP contribution is 2.39. The third kappa shape index (κ3) is 2.40. The molecule has 2 atom stereocenters. The van der Waals surface area contributed by atoms with Crippen molar-refractivity contribution in [1.82, 2.24) is 4.90 Å². The van der Waals surface area contributed by atoms with Crippen LogP contribution in [0, 0.1) is 6.92 Å². The maximum atomic E-state index is 11.4. The molecule has 2 heterocycles. The number of fused-ring (bicyclic) bond motifs is 1. The van der Waals surface area contributed by atoms with Gasteiger partial charge in [0.1, 0.15) is 11.8 Å². The number of nitrogens with zero attached hydrogens (tertiary/aromatic N) is 1. The topological polar surface area (TPSA) is 49.8 Å². The minimum Gasteiger partial charge on any atom is -0.493 e. The second-order valence-electron chi connectivity index (χ2n) is 5.78. The van der Waals surface area contributed by atoms with Crippen LogP contribution in [0.25, 0.3) is 0 Å². The molecule has 2 unspecified atom stereocenters. The molecule has 1 fully saturated rings. The third-order valence-corrected chi connectivity index (χ3v) is 4.38. The van der Waals surface area contributed by atoms with E-state index in [-0.39, 0.29) is 12.1 Å². The molecule has 0 aromatic heterocycles. The fourth-order valence-electron chi connectivity index (χ4n) is 3.45. The maximum Gasteiger partial charge on any atom is 0.320 e. The Hall–Kier alpha value is -1.55. The Morgan fingerprint density at radius 1 is 1.35 bits per heavy atom. The standard InChI is InChI=1S/C16H21NO3/c1-11-6-7-15-12(10-11)13(5-3-9-20-15)17-8-2-4-14(17)16(18)19/h6-7,10,13-14H,2-5,8-9H2,1H3,(H,18,19). The van der Waals surface area contributed by atoms with Crippen LogP contribution in [-0.2, 0) is 4.79 Å². The highest BCUT2D eigenvalue weighted by molar-refractivity contribution is 5.74. The van der Waals surface area contributed by atoms with Gasteiger partial charge >= 0.3 is 5.97 Å². The van der Waals surface area contributed by atoms with Crippen LogP contribution in [0.2, 0.25) is 0 Å². The molecule has 0 bridgehead atoms. The van der Waals surface area contributed by atoms with Crippen molar-refractivity contribution in [3.8, 4) is 5.75 Å². The lowest BCUT2D eigenvalue weighted by atomic mass is 9.98. The maximum absolute atomic E-state index is 11.4. The van der Waals surface area contributed by atoms with Crippen LogP contribution >= 0.6 is 0 Å². The van der Waals surface area contributed by atoms with Crippen LogP contribution in [0.15, 0.2) is 18.2 Å². The van der Waals surface area contributed by atoms with Crippen molar-refractivity contribution in [1.29, 1.82) is 0 Å². The Bertz CT molecular complexity index is 514. The number of hydrogen-bond acceptors (Lipinski definition) is 3. The van der Waals surface area contributed by atoms with E-state index in [4.69, 9.17) is 4.74 Å². The molecule has 1 N–H and O–H groups in total. The largest absolute Gasteiger partial charge is 0.493 e. The number of rotatable bonds is 2. The van der Waals surface area contributed by atoms with Crippen LogP contribution in [-0.4, -0.2) is 35.2 Å². The average molecular weight is 275 g/mol. The van der Waals surface area contributed by atoms with E-state index < -0.39 is 5.97 Å². The highest BCUT2D eigenvalue weighted by Gasteiger charge is 2.37. The Morgan fingerprint density at radius 2 is 2.20 bits per heavy atom. The zero-order valence-electron chi connectivity index (χ0n) is 11.8. The molecular formula is C16H21NO3. The lowest BCUT2D eigenvalue weighted by Crippen LogP contribution is -2.38. The number of carboxylic acid groups (broad SMARTS) is 1. The minimum absolute atomic E-state index is 0.177. The lowest BCUT2D eigenvalue weighted by molar-refractivity contribution is -0.143. The number of carbonyl (C=O) groups is 1. The number of aliphatic carboxylic acids is 1. The summed E-state index contributed by atoms with van der Waals surface area (Å²) in [4.78, 5) is 13.6. The molecule has 2 aliphatic rings. The first-order valence-electron chi connectivity index (χ1n) is 7.39. The molecule has 0 radical (unpaired) electrons. The number of carboxylic acids is 1. The average Bonchev–Trinajstić information content (AvgIpc) is 2.81. The number of benzene rings is 1. The number of ether oxygens (including phenoxy) is 1. The Morgan fingerprint density at radius 3 is 3.00 bits per heavy atom. The van der Waals surface area contributed by atoms with Crippen molar-refractivity contribution in [3.05, 3.63) is 29.3 Å². The van der Waals surface area contributed by atoms with E-state index in [1.54, 1.807) is 0 Å².